The second kappa shape index (κ2) is 8.30. The Morgan fingerprint density at radius 1 is 1.14 bits per heavy atom. The minimum atomic E-state index is -0.833. The molecule has 0 radical (unpaired) electrons. The fraction of sp³-hybridized carbons (Fsp3) is 0.105. The van der Waals surface area contributed by atoms with Crippen molar-refractivity contribution in [1.82, 2.24) is 15.1 Å². The van der Waals surface area contributed by atoms with Crippen molar-refractivity contribution in [1.29, 1.82) is 0 Å². The summed E-state index contributed by atoms with van der Waals surface area (Å²) in [5.41, 5.74) is 0.708. The number of carbonyl (C=O) groups is 2. The third-order valence-electron chi connectivity index (χ3n) is 3.80. The van der Waals surface area contributed by atoms with Crippen LogP contribution in [0.4, 0.5) is 14.5 Å². The largest absolute Gasteiger partial charge is 0.343 e. The number of aryl methyl sites for hydroxylation is 1. The van der Waals surface area contributed by atoms with Crippen molar-refractivity contribution in [2.75, 3.05) is 11.9 Å². The summed E-state index contributed by atoms with van der Waals surface area (Å²) in [6, 6.07) is 9.98. The summed E-state index contributed by atoms with van der Waals surface area (Å²) in [6.45, 7) is -0.283. The molecular weight excluding hydrogens is 434 g/mol. The van der Waals surface area contributed by atoms with E-state index in [9.17, 15) is 18.4 Å². The van der Waals surface area contributed by atoms with Crippen LogP contribution in [0.15, 0.2) is 53.1 Å². The molecular formula is C19H15BrF2N4O2. The van der Waals surface area contributed by atoms with Crippen LogP contribution in [-0.2, 0) is 11.8 Å². The summed E-state index contributed by atoms with van der Waals surface area (Å²) >= 11 is 3.30. The minimum Gasteiger partial charge on any atom is -0.343 e. The van der Waals surface area contributed by atoms with Crippen LogP contribution in [0.25, 0.3) is 11.3 Å². The van der Waals surface area contributed by atoms with E-state index >= 15 is 0 Å². The summed E-state index contributed by atoms with van der Waals surface area (Å²) in [4.78, 5) is 24.5. The summed E-state index contributed by atoms with van der Waals surface area (Å²) in [5, 5.41) is 9.20. The number of halogens is 3. The van der Waals surface area contributed by atoms with Gasteiger partial charge in [-0.1, -0.05) is 15.9 Å². The molecule has 0 aliphatic rings. The third-order valence-corrected chi connectivity index (χ3v) is 4.33. The average molecular weight is 449 g/mol. The van der Waals surface area contributed by atoms with Crippen LogP contribution in [0, 0.1) is 11.6 Å². The van der Waals surface area contributed by atoms with E-state index in [0.29, 0.717) is 5.69 Å². The molecule has 6 nitrogen and oxygen atoms in total. The molecule has 0 spiro atoms. The van der Waals surface area contributed by atoms with Gasteiger partial charge in [-0.3, -0.25) is 14.3 Å². The van der Waals surface area contributed by atoms with E-state index in [1.165, 1.54) is 16.9 Å². The van der Waals surface area contributed by atoms with E-state index in [0.717, 1.165) is 16.6 Å². The van der Waals surface area contributed by atoms with E-state index in [1.807, 2.05) is 0 Å². The Morgan fingerprint density at radius 2 is 1.86 bits per heavy atom. The van der Waals surface area contributed by atoms with Crippen molar-refractivity contribution in [2.45, 2.75) is 0 Å². The van der Waals surface area contributed by atoms with Crippen LogP contribution in [0.1, 0.15) is 10.4 Å². The van der Waals surface area contributed by atoms with Crippen molar-refractivity contribution < 1.29 is 18.4 Å². The molecule has 0 saturated heterocycles. The fourth-order valence-corrected chi connectivity index (χ4v) is 2.79. The quantitative estimate of drug-likeness (QED) is 0.626. The number of hydrogen-bond acceptors (Lipinski definition) is 3. The highest BCUT2D eigenvalue weighted by atomic mass is 79.9. The summed E-state index contributed by atoms with van der Waals surface area (Å²) < 4.78 is 29.4. The number of nitrogens with zero attached hydrogens (tertiary/aromatic N) is 2. The molecule has 144 valence electrons. The van der Waals surface area contributed by atoms with Crippen LogP contribution in [0.3, 0.4) is 0 Å². The maximum atomic E-state index is 14.1. The lowest BCUT2D eigenvalue weighted by molar-refractivity contribution is -0.115. The number of anilines is 1. The van der Waals surface area contributed by atoms with Gasteiger partial charge in [-0.05, 0) is 36.4 Å². The number of benzene rings is 2. The third kappa shape index (κ3) is 4.61. The molecule has 0 unspecified atom stereocenters. The highest BCUT2D eigenvalue weighted by Crippen LogP contribution is 2.25. The minimum absolute atomic E-state index is 0.00790. The van der Waals surface area contributed by atoms with E-state index < -0.39 is 23.4 Å². The molecule has 0 fully saturated rings. The Labute approximate surface area is 167 Å². The number of aromatic nitrogens is 2. The van der Waals surface area contributed by atoms with Gasteiger partial charge in [0.1, 0.15) is 17.3 Å². The first-order chi connectivity index (χ1) is 13.3. The lowest BCUT2D eigenvalue weighted by atomic mass is 10.1. The van der Waals surface area contributed by atoms with Gasteiger partial charge in [0, 0.05) is 35.0 Å². The monoisotopic (exact) mass is 448 g/mol. The smallest absolute Gasteiger partial charge is 0.255 e. The van der Waals surface area contributed by atoms with Gasteiger partial charge in [0.05, 0.1) is 12.1 Å². The van der Waals surface area contributed by atoms with E-state index in [2.05, 4.69) is 31.7 Å². The zero-order valence-electron chi connectivity index (χ0n) is 14.7. The highest BCUT2D eigenvalue weighted by molar-refractivity contribution is 9.10. The normalized spacial score (nSPS) is 10.6. The first-order valence-electron chi connectivity index (χ1n) is 8.16. The van der Waals surface area contributed by atoms with Crippen LogP contribution in [0.5, 0.6) is 0 Å². The lowest BCUT2D eigenvalue weighted by Crippen LogP contribution is -2.33. The number of rotatable bonds is 5. The maximum absolute atomic E-state index is 14.1. The molecule has 3 rings (SSSR count). The molecule has 2 aromatic carbocycles. The SMILES string of the molecule is Cn1cc(C(=O)NCC(=O)Nc2ccc(Br)cc2)c(-c2ccc(F)cc2F)n1. The van der Waals surface area contributed by atoms with Crippen LogP contribution >= 0.6 is 15.9 Å². The number of amides is 2. The van der Waals surface area contributed by atoms with Gasteiger partial charge in [-0.25, -0.2) is 8.78 Å². The molecule has 2 N–H and O–H groups in total. The zero-order valence-corrected chi connectivity index (χ0v) is 16.3. The first-order valence-corrected chi connectivity index (χ1v) is 8.95. The lowest BCUT2D eigenvalue weighted by Gasteiger charge is -2.08. The van der Waals surface area contributed by atoms with Gasteiger partial charge in [0.15, 0.2) is 0 Å². The van der Waals surface area contributed by atoms with Crippen molar-refractivity contribution in [2.24, 2.45) is 7.05 Å². The molecule has 0 saturated carbocycles. The summed E-state index contributed by atoms with van der Waals surface area (Å²) in [6.07, 6.45) is 1.40. The Hall–Kier alpha value is -3.07. The Balaban J connectivity index is 1.71. The highest BCUT2D eigenvalue weighted by Gasteiger charge is 2.20. The van der Waals surface area contributed by atoms with Gasteiger partial charge in [0.2, 0.25) is 5.91 Å². The van der Waals surface area contributed by atoms with Gasteiger partial charge < -0.3 is 10.6 Å². The molecule has 0 aliphatic carbocycles. The second-order valence-electron chi connectivity index (χ2n) is 5.93. The van der Waals surface area contributed by atoms with Crippen molar-refractivity contribution in [3.63, 3.8) is 0 Å². The Morgan fingerprint density at radius 3 is 2.54 bits per heavy atom. The van der Waals surface area contributed by atoms with Crippen molar-refractivity contribution in [3.05, 3.63) is 70.3 Å². The van der Waals surface area contributed by atoms with Crippen LogP contribution in [-0.4, -0.2) is 28.1 Å². The van der Waals surface area contributed by atoms with E-state index in [-0.39, 0.29) is 23.4 Å². The molecule has 9 heteroatoms. The number of nitrogens with one attached hydrogen (secondary N) is 2. The van der Waals surface area contributed by atoms with E-state index in [1.54, 1.807) is 31.3 Å². The predicted octanol–water partition coefficient (Wildman–Crippen LogP) is 3.50. The maximum Gasteiger partial charge on any atom is 0.255 e. The predicted molar refractivity (Wildman–Crippen MR) is 104 cm³/mol. The van der Waals surface area contributed by atoms with E-state index in [4.69, 9.17) is 0 Å². The van der Waals surface area contributed by atoms with Gasteiger partial charge in [-0.15, -0.1) is 0 Å². The Kier molecular flexibility index (Phi) is 5.84. The first kappa shape index (κ1) is 19.7. The average Bonchev–Trinajstić information content (AvgIpc) is 3.03. The van der Waals surface area contributed by atoms with Gasteiger partial charge in [-0.2, -0.15) is 5.10 Å². The number of hydrogen-bond donors (Lipinski definition) is 2. The molecule has 28 heavy (non-hydrogen) atoms. The van der Waals surface area contributed by atoms with Crippen molar-refractivity contribution in [3.8, 4) is 11.3 Å². The molecule has 3 aromatic rings. The zero-order chi connectivity index (χ0) is 20.3. The molecule has 0 atom stereocenters. The molecule has 1 aromatic heterocycles. The van der Waals surface area contributed by atoms with Gasteiger partial charge >= 0.3 is 0 Å². The molecule has 2 amide bonds. The van der Waals surface area contributed by atoms with Crippen LogP contribution in [0.2, 0.25) is 0 Å². The molecule has 1 heterocycles. The van der Waals surface area contributed by atoms with Crippen molar-refractivity contribution >= 4 is 33.4 Å². The summed E-state index contributed by atoms with van der Waals surface area (Å²) in [5.74, 6) is -2.58. The fourth-order valence-electron chi connectivity index (χ4n) is 2.53. The number of carbonyl (C=O) groups excluding carboxylic acids is 2. The van der Waals surface area contributed by atoms with Crippen LogP contribution < -0.4 is 10.6 Å². The molecule has 0 bridgehead atoms. The second-order valence-corrected chi connectivity index (χ2v) is 6.84. The van der Waals surface area contributed by atoms with Gasteiger partial charge in [0.25, 0.3) is 5.91 Å². The Bertz CT molecular complexity index is 1030. The summed E-state index contributed by atoms with van der Waals surface area (Å²) in [7, 11) is 1.57. The molecule has 0 aliphatic heterocycles. The standard InChI is InChI=1S/C19H15BrF2N4O2/c1-26-10-15(18(25-26)14-7-4-12(21)8-16(14)22)19(28)23-9-17(27)24-13-5-2-11(20)3-6-13/h2-8,10H,9H2,1H3,(H,23,28)(H,24,27). The topological polar surface area (TPSA) is 76.0 Å².